The Morgan fingerprint density at radius 1 is 0.702 bits per heavy atom. The summed E-state index contributed by atoms with van der Waals surface area (Å²) < 4.78 is 11.4. The molecule has 0 aliphatic rings. The first-order valence-electron chi connectivity index (χ1n) is 13.7. The minimum absolute atomic E-state index is 0.00484. The van der Waals surface area contributed by atoms with Gasteiger partial charge in [0.25, 0.3) is 17.3 Å². The van der Waals surface area contributed by atoms with E-state index in [9.17, 15) is 50.0 Å². The molecule has 16 nitrogen and oxygen atoms in total. The average Bonchev–Trinajstić information content (AvgIpc) is 3.05. The summed E-state index contributed by atoms with van der Waals surface area (Å²) in [5.41, 5.74) is 1.05. The highest BCUT2D eigenvalue weighted by Gasteiger charge is 2.24. The first kappa shape index (κ1) is 33.5. The van der Waals surface area contributed by atoms with Crippen molar-refractivity contribution in [3.63, 3.8) is 0 Å². The lowest BCUT2D eigenvalue weighted by Gasteiger charge is -2.18. The fourth-order valence-electron chi connectivity index (χ4n) is 4.47. The number of nitrogens with one attached hydrogen (secondary N) is 2. The number of hydrogen-bond acceptors (Lipinski definition) is 11. The second-order valence-electron chi connectivity index (χ2n) is 9.79. The third-order valence-corrected chi connectivity index (χ3v) is 6.76. The number of nitrogens with zero attached hydrogens (tertiary/aromatic N) is 2. The highest BCUT2D eigenvalue weighted by atomic mass is 16.6. The first-order chi connectivity index (χ1) is 22.5. The predicted octanol–water partition coefficient (Wildman–Crippen LogP) is 5.07. The molecule has 0 radical (unpaired) electrons. The molecular formula is C31H26N4O12. The molecular weight excluding hydrogens is 620 g/mol. The lowest BCUT2D eigenvalue weighted by Crippen LogP contribution is -2.21. The molecule has 0 bridgehead atoms. The van der Waals surface area contributed by atoms with E-state index in [2.05, 4.69) is 5.32 Å². The van der Waals surface area contributed by atoms with Crippen LogP contribution in [0.1, 0.15) is 54.7 Å². The van der Waals surface area contributed by atoms with Crippen molar-refractivity contribution in [3.8, 4) is 11.5 Å². The summed E-state index contributed by atoms with van der Waals surface area (Å²) in [5.74, 6) is -2.61. The number of carboxylic acid groups (broad SMARTS) is 2. The van der Waals surface area contributed by atoms with Crippen molar-refractivity contribution >= 4 is 34.9 Å². The zero-order valence-electron chi connectivity index (χ0n) is 24.2. The molecule has 0 saturated heterocycles. The summed E-state index contributed by atoms with van der Waals surface area (Å²) in [5, 5.41) is 53.4. The Kier molecular flexibility index (Phi) is 10.7. The van der Waals surface area contributed by atoms with Gasteiger partial charge in [-0.1, -0.05) is 12.1 Å². The van der Waals surface area contributed by atoms with Crippen molar-refractivity contribution in [1.82, 2.24) is 5.48 Å². The van der Waals surface area contributed by atoms with Crippen molar-refractivity contribution in [3.05, 3.63) is 133 Å². The molecule has 0 aliphatic heterocycles. The van der Waals surface area contributed by atoms with Gasteiger partial charge in [0.15, 0.2) is 0 Å². The number of rotatable bonds is 15. The lowest BCUT2D eigenvalue weighted by atomic mass is 9.94. The summed E-state index contributed by atoms with van der Waals surface area (Å²) in [6, 6.07) is 17.6. The second kappa shape index (κ2) is 15.1. The predicted molar refractivity (Wildman–Crippen MR) is 163 cm³/mol. The van der Waals surface area contributed by atoms with Crippen LogP contribution in [-0.4, -0.2) is 56.3 Å². The molecule has 242 valence electrons. The second-order valence-corrected chi connectivity index (χ2v) is 9.79. The number of anilines is 1. The fraction of sp³-hybridized carbons (Fsp3) is 0.129. The summed E-state index contributed by atoms with van der Waals surface area (Å²) in [6.07, 6.45) is 0.474. The normalized spacial score (nSPS) is 11.3. The van der Waals surface area contributed by atoms with E-state index in [0.29, 0.717) is 29.2 Å². The number of benzene rings is 4. The summed E-state index contributed by atoms with van der Waals surface area (Å²) in [4.78, 5) is 56.7. The van der Waals surface area contributed by atoms with Gasteiger partial charge in [0, 0.05) is 36.4 Å². The lowest BCUT2D eigenvalue weighted by molar-refractivity contribution is -0.385. The van der Waals surface area contributed by atoms with Crippen molar-refractivity contribution in [2.45, 2.75) is 12.5 Å². The highest BCUT2D eigenvalue weighted by Crippen LogP contribution is 2.30. The largest absolute Gasteiger partial charge is 0.493 e. The van der Waals surface area contributed by atoms with Gasteiger partial charge < -0.3 is 30.2 Å². The number of nitro benzene ring substituents is 2. The molecule has 0 aromatic heterocycles. The van der Waals surface area contributed by atoms with E-state index in [1.54, 1.807) is 36.4 Å². The van der Waals surface area contributed by atoms with E-state index in [1.807, 2.05) is 5.48 Å². The molecule has 0 spiro atoms. The number of hydroxylamine groups is 1. The molecule has 4 rings (SSSR count). The smallest absolute Gasteiger partial charge is 0.336 e. The third-order valence-electron chi connectivity index (χ3n) is 6.76. The molecule has 1 atom stereocenters. The van der Waals surface area contributed by atoms with Gasteiger partial charge in [-0.3, -0.25) is 25.0 Å². The van der Waals surface area contributed by atoms with Crippen molar-refractivity contribution in [1.29, 1.82) is 0 Å². The van der Waals surface area contributed by atoms with Gasteiger partial charge in [-0.25, -0.2) is 9.59 Å². The maximum Gasteiger partial charge on any atom is 0.336 e. The molecule has 1 amide bonds. The van der Waals surface area contributed by atoms with Crippen LogP contribution in [0.15, 0.2) is 84.9 Å². The van der Waals surface area contributed by atoms with E-state index in [0.717, 1.165) is 36.4 Å². The monoisotopic (exact) mass is 646 g/mol. The van der Waals surface area contributed by atoms with Crippen LogP contribution in [0.2, 0.25) is 0 Å². The zero-order valence-corrected chi connectivity index (χ0v) is 24.2. The maximum absolute atomic E-state index is 12.7. The van der Waals surface area contributed by atoms with E-state index in [1.165, 1.54) is 12.1 Å². The van der Waals surface area contributed by atoms with Crippen LogP contribution in [0.5, 0.6) is 11.5 Å². The van der Waals surface area contributed by atoms with Crippen LogP contribution in [0.25, 0.3) is 0 Å². The van der Waals surface area contributed by atoms with Crippen LogP contribution < -0.4 is 20.3 Å². The Balaban J connectivity index is 1.28. The number of ether oxygens (including phenoxy) is 2. The average molecular weight is 647 g/mol. The maximum atomic E-state index is 12.7. The molecule has 47 heavy (non-hydrogen) atoms. The summed E-state index contributed by atoms with van der Waals surface area (Å²) in [7, 11) is 0. The number of carbonyl (C=O) groups excluding carboxylic acids is 1. The molecule has 0 fully saturated rings. The number of carboxylic acids is 2. The van der Waals surface area contributed by atoms with Gasteiger partial charge in [-0.2, -0.15) is 5.48 Å². The Morgan fingerprint density at radius 3 is 1.72 bits per heavy atom. The van der Waals surface area contributed by atoms with Gasteiger partial charge >= 0.3 is 11.9 Å². The SMILES string of the molecule is O=C(O)c1ccc([N+](=O)[O-])cc1C(=O)Nc1ccc(OCCCOc2ccc(C(NO)c3cc([N+](=O)[O-])ccc3C(=O)O)cc2)cc1. The Bertz CT molecular complexity index is 1810. The molecule has 4 aromatic carbocycles. The van der Waals surface area contributed by atoms with Crippen LogP contribution in [0.4, 0.5) is 17.1 Å². The minimum Gasteiger partial charge on any atom is -0.493 e. The van der Waals surface area contributed by atoms with Gasteiger partial charge in [-0.05, 0) is 59.7 Å². The summed E-state index contributed by atoms with van der Waals surface area (Å²) >= 11 is 0. The Morgan fingerprint density at radius 2 is 1.21 bits per heavy atom. The van der Waals surface area contributed by atoms with Crippen molar-refractivity contribution in [2.75, 3.05) is 18.5 Å². The van der Waals surface area contributed by atoms with Crippen molar-refractivity contribution in [2.24, 2.45) is 0 Å². The number of nitro groups is 2. The van der Waals surface area contributed by atoms with Crippen molar-refractivity contribution < 1.29 is 49.1 Å². The van der Waals surface area contributed by atoms with Gasteiger partial charge in [0.05, 0.1) is 45.8 Å². The molecule has 0 heterocycles. The Labute approximate surface area is 265 Å². The molecule has 16 heteroatoms. The van der Waals surface area contributed by atoms with E-state index >= 15 is 0 Å². The van der Waals surface area contributed by atoms with Gasteiger partial charge in [0.1, 0.15) is 11.5 Å². The standard InChI is InChI=1S/C31H26N4O12/c36-29(27-17-21(35(44)45)7-13-25(27)31(39)40)32-19-4-10-23(11-5-19)47-15-1-14-46-22-8-2-18(3-9-22)28(33-41)26-16-20(34(42)43)6-12-24(26)30(37)38/h2-13,16-17,28,33,41H,1,14-15H2,(H,32,36)(H,37,38)(H,39,40). The Hall–Kier alpha value is -6.39. The number of aromatic carboxylic acids is 2. The van der Waals surface area contributed by atoms with E-state index in [-0.39, 0.29) is 41.2 Å². The molecule has 4 aromatic rings. The highest BCUT2D eigenvalue weighted by molar-refractivity contribution is 6.11. The van der Waals surface area contributed by atoms with Crippen LogP contribution in [0.3, 0.4) is 0 Å². The number of non-ortho nitro benzene ring substituents is 2. The zero-order chi connectivity index (χ0) is 34.1. The molecule has 1 unspecified atom stereocenters. The summed E-state index contributed by atoms with van der Waals surface area (Å²) in [6.45, 7) is 0.527. The van der Waals surface area contributed by atoms with Crippen LogP contribution in [-0.2, 0) is 0 Å². The molecule has 0 aliphatic carbocycles. The molecule has 5 N–H and O–H groups in total. The van der Waals surface area contributed by atoms with Gasteiger partial charge in [0.2, 0.25) is 0 Å². The fourth-order valence-corrected chi connectivity index (χ4v) is 4.47. The topological polar surface area (TPSA) is 241 Å². The quantitative estimate of drug-likeness (QED) is 0.0644. The van der Waals surface area contributed by atoms with Crippen LogP contribution in [0, 0.1) is 20.2 Å². The number of hydrogen-bond donors (Lipinski definition) is 5. The van der Waals surface area contributed by atoms with E-state index < -0.39 is 39.4 Å². The third kappa shape index (κ3) is 8.41. The minimum atomic E-state index is -1.41. The van der Waals surface area contributed by atoms with Gasteiger partial charge in [-0.15, -0.1) is 0 Å². The number of carbonyl (C=O) groups is 3. The van der Waals surface area contributed by atoms with Crippen LogP contribution >= 0.6 is 0 Å². The van der Waals surface area contributed by atoms with E-state index in [4.69, 9.17) is 9.47 Å². The first-order valence-corrected chi connectivity index (χ1v) is 13.7. The number of amides is 1. The molecule has 0 saturated carbocycles.